The number of hydrogen-bond donors (Lipinski definition) is 2. The van der Waals surface area contributed by atoms with E-state index in [9.17, 15) is 4.79 Å². The maximum absolute atomic E-state index is 11.8. The van der Waals surface area contributed by atoms with Gasteiger partial charge in [0.25, 0.3) is 0 Å². The molecule has 24 heavy (non-hydrogen) atoms. The Hall–Kier alpha value is -2.04. The van der Waals surface area contributed by atoms with Crippen molar-refractivity contribution in [2.24, 2.45) is 10.9 Å². The quantitative estimate of drug-likeness (QED) is 0.437. The Kier molecular flexibility index (Phi) is 8.90. The molecule has 0 saturated heterocycles. The van der Waals surface area contributed by atoms with Gasteiger partial charge in [-0.25, -0.2) is 4.99 Å². The van der Waals surface area contributed by atoms with Crippen molar-refractivity contribution in [3.05, 3.63) is 35.9 Å². The minimum Gasteiger partial charge on any atom is -0.356 e. The highest BCUT2D eigenvalue weighted by atomic mass is 16.2. The first-order valence-electron chi connectivity index (χ1n) is 8.70. The van der Waals surface area contributed by atoms with Crippen LogP contribution in [0.4, 0.5) is 0 Å². The number of guanidine groups is 1. The van der Waals surface area contributed by atoms with Crippen LogP contribution in [0.2, 0.25) is 0 Å². The lowest BCUT2D eigenvalue weighted by atomic mass is 10.1. The minimum absolute atomic E-state index is 0.00866. The molecule has 5 nitrogen and oxygen atoms in total. The number of benzene rings is 1. The molecule has 0 bridgehead atoms. The highest BCUT2D eigenvalue weighted by molar-refractivity contribution is 5.85. The molecular weight excluding hydrogens is 300 g/mol. The van der Waals surface area contributed by atoms with Gasteiger partial charge in [0.15, 0.2) is 5.96 Å². The second-order valence-corrected chi connectivity index (χ2v) is 6.69. The highest BCUT2D eigenvalue weighted by Gasteiger charge is 2.09. The zero-order chi connectivity index (χ0) is 17.9. The first-order chi connectivity index (χ1) is 11.4. The summed E-state index contributed by atoms with van der Waals surface area (Å²) in [4.78, 5) is 17.8. The van der Waals surface area contributed by atoms with Gasteiger partial charge < -0.3 is 15.5 Å². The average Bonchev–Trinajstić information content (AvgIpc) is 2.56. The molecule has 134 valence electrons. The van der Waals surface area contributed by atoms with Gasteiger partial charge in [0.1, 0.15) is 6.54 Å². The molecule has 0 aliphatic carbocycles. The number of rotatable bonds is 8. The fourth-order valence-electron chi connectivity index (χ4n) is 2.19. The van der Waals surface area contributed by atoms with Crippen LogP contribution in [0.5, 0.6) is 0 Å². The Bertz CT molecular complexity index is 511. The molecule has 1 aromatic carbocycles. The largest absolute Gasteiger partial charge is 0.356 e. The SMILES string of the molecule is CC(C)CCCNC(=NCC(=O)N(C)C)NC(C)c1ccccc1. The molecule has 1 aromatic rings. The first-order valence-corrected chi connectivity index (χ1v) is 8.70. The van der Waals surface area contributed by atoms with E-state index < -0.39 is 0 Å². The molecule has 0 aliphatic rings. The van der Waals surface area contributed by atoms with E-state index in [1.807, 2.05) is 18.2 Å². The summed E-state index contributed by atoms with van der Waals surface area (Å²) >= 11 is 0. The van der Waals surface area contributed by atoms with Gasteiger partial charge in [-0.2, -0.15) is 0 Å². The molecule has 0 spiro atoms. The summed E-state index contributed by atoms with van der Waals surface area (Å²) in [5.74, 6) is 1.37. The molecule has 0 saturated carbocycles. The normalized spacial score (nSPS) is 12.8. The second-order valence-electron chi connectivity index (χ2n) is 6.69. The summed E-state index contributed by atoms with van der Waals surface area (Å²) < 4.78 is 0. The summed E-state index contributed by atoms with van der Waals surface area (Å²) in [6.45, 7) is 7.53. The number of nitrogens with one attached hydrogen (secondary N) is 2. The molecule has 0 heterocycles. The van der Waals surface area contributed by atoms with Crippen molar-refractivity contribution in [1.29, 1.82) is 0 Å². The Morgan fingerprint density at radius 2 is 1.83 bits per heavy atom. The van der Waals surface area contributed by atoms with Gasteiger partial charge in [-0.05, 0) is 31.2 Å². The Morgan fingerprint density at radius 1 is 1.17 bits per heavy atom. The minimum atomic E-state index is -0.00866. The van der Waals surface area contributed by atoms with Crippen LogP contribution in [0.1, 0.15) is 45.2 Å². The first kappa shape index (κ1) is 20.0. The third kappa shape index (κ3) is 7.99. The number of carbonyl (C=O) groups excluding carboxylic acids is 1. The lowest BCUT2D eigenvalue weighted by Gasteiger charge is -2.19. The average molecular weight is 332 g/mol. The van der Waals surface area contributed by atoms with Gasteiger partial charge in [-0.3, -0.25) is 4.79 Å². The van der Waals surface area contributed by atoms with E-state index in [-0.39, 0.29) is 18.5 Å². The van der Waals surface area contributed by atoms with Crippen molar-refractivity contribution < 1.29 is 4.79 Å². The van der Waals surface area contributed by atoms with Crippen LogP contribution in [0.25, 0.3) is 0 Å². The highest BCUT2D eigenvalue weighted by Crippen LogP contribution is 2.10. The number of carbonyl (C=O) groups is 1. The fourth-order valence-corrected chi connectivity index (χ4v) is 2.19. The van der Waals surface area contributed by atoms with E-state index in [4.69, 9.17) is 0 Å². The van der Waals surface area contributed by atoms with Gasteiger partial charge in [-0.1, -0.05) is 44.2 Å². The van der Waals surface area contributed by atoms with Gasteiger partial charge in [0.05, 0.1) is 6.04 Å². The zero-order valence-corrected chi connectivity index (χ0v) is 15.7. The summed E-state index contributed by atoms with van der Waals surface area (Å²) in [6.07, 6.45) is 2.25. The zero-order valence-electron chi connectivity index (χ0n) is 15.7. The fraction of sp³-hybridized carbons (Fsp3) is 0.579. The predicted molar refractivity (Wildman–Crippen MR) is 101 cm³/mol. The molecule has 1 unspecified atom stereocenters. The standard InChI is InChI=1S/C19H32N4O/c1-15(2)10-9-13-20-19(21-14-18(24)23(4)5)22-16(3)17-11-7-6-8-12-17/h6-8,11-12,15-16H,9-10,13-14H2,1-5H3,(H2,20,21,22). The van der Waals surface area contributed by atoms with Gasteiger partial charge in [0.2, 0.25) is 5.91 Å². The molecule has 0 fully saturated rings. The third-order valence-electron chi connectivity index (χ3n) is 3.77. The molecular formula is C19H32N4O. The van der Waals surface area contributed by atoms with E-state index in [1.165, 1.54) is 12.0 Å². The lowest BCUT2D eigenvalue weighted by molar-refractivity contribution is -0.127. The number of nitrogens with zero attached hydrogens (tertiary/aromatic N) is 2. The molecule has 2 N–H and O–H groups in total. The predicted octanol–water partition coefficient (Wildman–Crippen LogP) is 2.81. The summed E-state index contributed by atoms with van der Waals surface area (Å²) in [5.41, 5.74) is 1.19. The number of likely N-dealkylation sites (N-methyl/N-ethyl adjacent to an activating group) is 1. The van der Waals surface area contributed by atoms with Crippen molar-refractivity contribution in [1.82, 2.24) is 15.5 Å². The monoisotopic (exact) mass is 332 g/mol. The van der Waals surface area contributed by atoms with Crippen LogP contribution < -0.4 is 10.6 Å². The van der Waals surface area contributed by atoms with E-state index in [0.717, 1.165) is 13.0 Å². The summed E-state index contributed by atoms with van der Waals surface area (Å²) in [5, 5.41) is 6.72. The van der Waals surface area contributed by atoms with Crippen LogP contribution in [0.3, 0.4) is 0 Å². The van der Waals surface area contributed by atoms with E-state index in [1.54, 1.807) is 19.0 Å². The third-order valence-corrected chi connectivity index (χ3v) is 3.77. The van der Waals surface area contributed by atoms with Gasteiger partial charge in [0, 0.05) is 20.6 Å². The number of hydrogen-bond acceptors (Lipinski definition) is 2. The molecule has 1 amide bonds. The van der Waals surface area contributed by atoms with Crippen molar-refractivity contribution in [2.75, 3.05) is 27.2 Å². The molecule has 5 heteroatoms. The van der Waals surface area contributed by atoms with Crippen LogP contribution >= 0.6 is 0 Å². The molecule has 0 aromatic heterocycles. The van der Waals surface area contributed by atoms with Crippen molar-refractivity contribution in [3.63, 3.8) is 0 Å². The number of amides is 1. The van der Waals surface area contributed by atoms with Crippen molar-refractivity contribution in [3.8, 4) is 0 Å². The summed E-state index contributed by atoms with van der Waals surface area (Å²) in [6, 6.07) is 10.3. The van der Waals surface area contributed by atoms with Crippen molar-refractivity contribution in [2.45, 2.75) is 39.7 Å². The van der Waals surface area contributed by atoms with Crippen LogP contribution in [0.15, 0.2) is 35.3 Å². The Labute approximate surface area is 146 Å². The number of aliphatic imine (C=N–C) groups is 1. The Balaban J connectivity index is 2.65. The molecule has 0 radical (unpaired) electrons. The topological polar surface area (TPSA) is 56.7 Å². The maximum atomic E-state index is 11.8. The van der Waals surface area contributed by atoms with Gasteiger partial charge >= 0.3 is 0 Å². The van der Waals surface area contributed by atoms with Crippen LogP contribution in [-0.2, 0) is 4.79 Å². The molecule has 0 aliphatic heterocycles. The Morgan fingerprint density at radius 3 is 2.42 bits per heavy atom. The van der Waals surface area contributed by atoms with E-state index in [2.05, 4.69) is 48.5 Å². The smallest absolute Gasteiger partial charge is 0.243 e. The summed E-state index contributed by atoms with van der Waals surface area (Å²) in [7, 11) is 3.49. The van der Waals surface area contributed by atoms with E-state index >= 15 is 0 Å². The van der Waals surface area contributed by atoms with Crippen molar-refractivity contribution >= 4 is 11.9 Å². The second kappa shape index (κ2) is 10.7. The van der Waals surface area contributed by atoms with Crippen LogP contribution in [-0.4, -0.2) is 44.0 Å². The molecule has 1 atom stereocenters. The maximum Gasteiger partial charge on any atom is 0.243 e. The van der Waals surface area contributed by atoms with E-state index in [0.29, 0.717) is 11.9 Å². The van der Waals surface area contributed by atoms with Crippen LogP contribution in [0, 0.1) is 5.92 Å². The lowest BCUT2D eigenvalue weighted by Crippen LogP contribution is -2.40. The molecule has 1 rings (SSSR count). The van der Waals surface area contributed by atoms with Gasteiger partial charge in [-0.15, -0.1) is 0 Å².